The Kier molecular flexibility index (Phi) is 4.96. The van der Waals surface area contributed by atoms with Gasteiger partial charge in [0.2, 0.25) is 0 Å². The van der Waals surface area contributed by atoms with Gasteiger partial charge in [0.1, 0.15) is 12.0 Å². The molecule has 0 spiro atoms. The number of allylic oxidation sites excluding steroid dienone is 3. The number of hydrogen-bond acceptors (Lipinski definition) is 2. The van der Waals surface area contributed by atoms with Gasteiger partial charge in [-0.25, -0.2) is 0 Å². The summed E-state index contributed by atoms with van der Waals surface area (Å²) < 4.78 is 5.05. The van der Waals surface area contributed by atoms with Gasteiger partial charge in [0.25, 0.3) is 0 Å². The second kappa shape index (κ2) is 7.00. The fourth-order valence-electron chi connectivity index (χ4n) is 0.753. The zero-order valence-corrected chi connectivity index (χ0v) is 7.94. The summed E-state index contributed by atoms with van der Waals surface area (Å²) >= 11 is 0. The van der Waals surface area contributed by atoms with Gasteiger partial charge in [0.15, 0.2) is 0 Å². The second-order valence-corrected chi connectivity index (χ2v) is 2.38. The molecule has 0 aliphatic rings. The molecule has 0 aromatic carbocycles. The monoisotopic (exact) mass is 196 g/mol. The highest BCUT2D eigenvalue weighted by atomic mass is 16.3. The molecular formula is C13H8O2. The zero-order chi connectivity index (χ0) is 10.8. The van der Waals surface area contributed by atoms with Crippen LogP contribution >= 0.6 is 0 Å². The highest BCUT2D eigenvalue weighted by Gasteiger charge is 1.83. The molecule has 0 saturated carbocycles. The third-order valence-corrected chi connectivity index (χ3v) is 1.34. The van der Waals surface area contributed by atoms with Crippen LogP contribution in [0.4, 0.5) is 0 Å². The van der Waals surface area contributed by atoms with Crippen molar-refractivity contribution in [1.82, 2.24) is 0 Å². The maximum Gasteiger partial charge on any atom is 0.143 e. The lowest BCUT2D eigenvalue weighted by Gasteiger charge is -1.76. The molecule has 0 bridgehead atoms. The van der Waals surface area contributed by atoms with E-state index in [1.807, 2.05) is 6.07 Å². The molecule has 72 valence electrons. The molecule has 0 amide bonds. The van der Waals surface area contributed by atoms with Gasteiger partial charge in [0, 0.05) is 0 Å². The largest absolute Gasteiger partial charge is 0.465 e. The number of furan rings is 1. The van der Waals surface area contributed by atoms with E-state index < -0.39 is 0 Å². The molecule has 0 radical (unpaired) electrons. The molecule has 2 nitrogen and oxygen atoms in total. The van der Waals surface area contributed by atoms with E-state index in [0.29, 0.717) is 6.29 Å². The Morgan fingerprint density at radius 2 is 2.00 bits per heavy atom. The first-order valence-electron chi connectivity index (χ1n) is 4.25. The van der Waals surface area contributed by atoms with E-state index in [0.717, 1.165) is 5.76 Å². The van der Waals surface area contributed by atoms with Crippen molar-refractivity contribution in [2.75, 3.05) is 0 Å². The molecule has 0 atom stereocenters. The Morgan fingerprint density at radius 3 is 2.67 bits per heavy atom. The summed E-state index contributed by atoms with van der Waals surface area (Å²) in [6, 6.07) is 3.63. The Hall–Kier alpha value is -2.45. The minimum atomic E-state index is 0.666. The van der Waals surface area contributed by atoms with Gasteiger partial charge in [-0.3, -0.25) is 4.79 Å². The fraction of sp³-hybridized carbons (Fsp3) is 0. The first-order valence-corrected chi connectivity index (χ1v) is 4.25. The van der Waals surface area contributed by atoms with E-state index in [1.54, 1.807) is 24.5 Å². The summed E-state index contributed by atoms with van der Waals surface area (Å²) in [7, 11) is 0. The molecule has 0 unspecified atom stereocenters. The van der Waals surface area contributed by atoms with E-state index in [-0.39, 0.29) is 0 Å². The number of rotatable bonds is 2. The Bertz CT molecular complexity index is 468. The second-order valence-electron chi connectivity index (χ2n) is 2.38. The molecule has 0 N–H and O–H groups in total. The molecular weight excluding hydrogens is 188 g/mol. The Morgan fingerprint density at radius 1 is 1.20 bits per heavy atom. The highest BCUT2D eigenvalue weighted by Crippen LogP contribution is 2.00. The van der Waals surface area contributed by atoms with Crippen LogP contribution in [0.1, 0.15) is 5.76 Å². The number of aldehydes is 1. The van der Waals surface area contributed by atoms with Crippen LogP contribution in [-0.2, 0) is 4.79 Å². The van der Waals surface area contributed by atoms with Gasteiger partial charge in [-0.15, -0.1) is 0 Å². The lowest BCUT2D eigenvalue weighted by molar-refractivity contribution is -0.104. The van der Waals surface area contributed by atoms with Crippen molar-refractivity contribution >= 4 is 12.4 Å². The van der Waals surface area contributed by atoms with Crippen LogP contribution in [0.25, 0.3) is 6.08 Å². The summed E-state index contributed by atoms with van der Waals surface area (Å²) in [6.07, 6.45) is 8.41. The minimum Gasteiger partial charge on any atom is -0.465 e. The summed E-state index contributed by atoms with van der Waals surface area (Å²) in [5, 5.41) is 0. The lowest BCUT2D eigenvalue weighted by atomic mass is 10.4. The molecule has 1 aromatic rings. The predicted octanol–water partition coefficient (Wildman–Crippen LogP) is 2.05. The number of carbonyl (C=O) groups excluding carboxylic acids is 1. The molecule has 15 heavy (non-hydrogen) atoms. The molecule has 0 fully saturated rings. The Labute approximate surface area is 88.3 Å². The predicted molar refractivity (Wildman–Crippen MR) is 58.5 cm³/mol. The van der Waals surface area contributed by atoms with Crippen molar-refractivity contribution in [2.45, 2.75) is 0 Å². The van der Waals surface area contributed by atoms with E-state index in [1.165, 1.54) is 12.2 Å². The number of hydrogen-bond donors (Lipinski definition) is 0. The topological polar surface area (TPSA) is 30.2 Å². The standard InChI is InChI=1S/C13H8O2/c14-11-7-5-3-1-2-4-6-9-13-10-8-12-15-13/h5-12H/b7-5+,9-6+. The van der Waals surface area contributed by atoms with E-state index >= 15 is 0 Å². The van der Waals surface area contributed by atoms with Crippen molar-refractivity contribution < 1.29 is 9.21 Å². The molecule has 0 saturated heterocycles. The highest BCUT2D eigenvalue weighted by molar-refractivity contribution is 5.65. The SMILES string of the molecule is O=C/C=C/C#CC#C/C=C/c1ccco1. The Balaban J connectivity index is 2.42. The molecule has 0 aliphatic heterocycles. The van der Waals surface area contributed by atoms with E-state index in [9.17, 15) is 4.79 Å². The van der Waals surface area contributed by atoms with Crippen LogP contribution < -0.4 is 0 Å². The van der Waals surface area contributed by atoms with Crippen LogP contribution in [0.2, 0.25) is 0 Å². The first kappa shape index (κ1) is 10.6. The average Bonchev–Trinajstić information content (AvgIpc) is 2.75. The van der Waals surface area contributed by atoms with Crippen molar-refractivity contribution in [2.24, 2.45) is 0 Å². The van der Waals surface area contributed by atoms with Crippen LogP contribution in [-0.4, -0.2) is 6.29 Å². The van der Waals surface area contributed by atoms with Crippen molar-refractivity contribution in [1.29, 1.82) is 0 Å². The summed E-state index contributed by atoms with van der Waals surface area (Å²) in [6.45, 7) is 0. The normalized spacial score (nSPS) is 9.33. The third-order valence-electron chi connectivity index (χ3n) is 1.34. The van der Waals surface area contributed by atoms with Crippen LogP contribution in [0.3, 0.4) is 0 Å². The van der Waals surface area contributed by atoms with Gasteiger partial charge in [-0.1, -0.05) is 11.8 Å². The quantitative estimate of drug-likeness (QED) is 0.411. The maximum absolute atomic E-state index is 9.86. The molecule has 2 heteroatoms. The summed E-state index contributed by atoms with van der Waals surface area (Å²) in [5.74, 6) is 11.2. The van der Waals surface area contributed by atoms with Gasteiger partial charge >= 0.3 is 0 Å². The summed E-state index contributed by atoms with van der Waals surface area (Å²) in [5.41, 5.74) is 0. The van der Waals surface area contributed by atoms with Crippen LogP contribution in [0, 0.1) is 23.7 Å². The molecule has 0 aliphatic carbocycles. The zero-order valence-electron chi connectivity index (χ0n) is 7.94. The lowest BCUT2D eigenvalue weighted by Crippen LogP contribution is -1.58. The minimum absolute atomic E-state index is 0.666. The third kappa shape index (κ3) is 4.98. The smallest absolute Gasteiger partial charge is 0.143 e. The van der Waals surface area contributed by atoms with Crippen LogP contribution in [0.15, 0.2) is 41.0 Å². The van der Waals surface area contributed by atoms with Crippen molar-refractivity contribution in [3.05, 3.63) is 42.4 Å². The molecule has 1 rings (SSSR count). The van der Waals surface area contributed by atoms with E-state index in [2.05, 4.69) is 23.7 Å². The number of carbonyl (C=O) groups is 1. The fourth-order valence-corrected chi connectivity index (χ4v) is 0.753. The first-order chi connectivity index (χ1) is 7.43. The van der Waals surface area contributed by atoms with Gasteiger partial charge < -0.3 is 4.42 Å². The van der Waals surface area contributed by atoms with E-state index in [4.69, 9.17) is 4.42 Å². The molecule has 1 aromatic heterocycles. The van der Waals surface area contributed by atoms with Crippen molar-refractivity contribution in [3.8, 4) is 23.7 Å². The van der Waals surface area contributed by atoms with Gasteiger partial charge in [-0.2, -0.15) is 0 Å². The molecule has 1 heterocycles. The van der Waals surface area contributed by atoms with Gasteiger partial charge in [-0.05, 0) is 48.3 Å². The average molecular weight is 196 g/mol. The van der Waals surface area contributed by atoms with Crippen molar-refractivity contribution in [3.63, 3.8) is 0 Å². The maximum atomic E-state index is 9.86. The van der Waals surface area contributed by atoms with Gasteiger partial charge in [0.05, 0.1) is 6.26 Å². The van der Waals surface area contributed by atoms with Crippen LogP contribution in [0.5, 0.6) is 0 Å². The summed E-state index contributed by atoms with van der Waals surface area (Å²) in [4.78, 5) is 9.86.